The zero-order chi connectivity index (χ0) is 16.5. The van der Waals surface area contributed by atoms with Crippen LogP contribution in [0.4, 0.5) is 0 Å². The smallest absolute Gasteiger partial charge is 0.254 e. The average Bonchev–Trinajstić information content (AvgIpc) is 3.22. The second-order valence-electron chi connectivity index (χ2n) is 6.50. The van der Waals surface area contributed by atoms with Gasteiger partial charge in [-0.2, -0.15) is 0 Å². The lowest BCUT2D eigenvalue weighted by Crippen LogP contribution is -2.30. The number of fused-ring (bicyclic) bond motifs is 1. The van der Waals surface area contributed by atoms with Gasteiger partial charge >= 0.3 is 0 Å². The van der Waals surface area contributed by atoms with Crippen LogP contribution in [0.1, 0.15) is 27.2 Å². The molecule has 124 valence electrons. The van der Waals surface area contributed by atoms with E-state index >= 15 is 0 Å². The van der Waals surface area contributed by atoms with E-state index < -0.39 is 6.10 Å². The van der Waals surface area contributed by atoms with Crippen molar-refractivity contribution in [2.24, 2.45) is 5.92 Å². The number of aliphatic hydroxyl groups is 1. The number of hydrogen-bond acceptors (Lipinski definition) is 4. The fourth-order valence-corrected chi connectivity index (χ4v) is 3.58. The highest BCUT2D eigenvalue weighted by molar-refractivity contribution is 5.96. The molecule has 1 aromatic carbocycles. The maximum Gasteiger partial charge on any atom is 0.254 e. The van der Waals surface area contributed by atoms with Crippen LogP contribution < -0.4 is 0 Å². The van der Waals surface area contributed by atoms with E-state index in [1.54, 1.807) is 11.1 Å². The number of nitrogens with zero attached hydrogens (tertiary/aromatic N) is 2. The first-order chi connectivity index (χ1) is 11.7. The van der Waals surface area contributed by atoms with Crippen LogP contribution in [-0.4, -0.2) is 40.1 Å². The summed E-state index contributed by atoms with van der Waals surface area (Å²) in [4.78, 5) is 19.0. The van der Waals surface area contributed by atoms with Gasteiger partial charge in [-0.05, 0) is 35.7 Å². The molecule has 2 aliphatic rings. The minimum absolute atomic E-state index is 0.0140. The molecular weight excluding hydrogens is 304 g/mol. The summed E-state index contributed by atoms with van der Waals surface area (Å²) >= 11 is 0. The van der Waals surface area contributed by atoms with Crippen molar-refractivity contribution >= 4 is 5.91 Å². The van der Waals surface area contributed by atoms with E-state index in [1.165, 1.54) is 0 Å². The third kappa shape index (κ3) is 2.81. The molecule has 1 saturated heterocycles. The summed E-state index contributed by atoms with van der Waals surface area (Å²) in [5.74, 6) is 0.0109. The summed E-state index contributed by atoms with van der Waals surface area (Å²) in [5, 5.41) is 10.4. The molecule has 2 atom stereocenters. The summed E-state index contributed by atoms with van der Waals surface area (Å²) in [5.41, 5.74) is 3.73. The first-order valence-corrected chi connectivity index (χ1v) is 8.28. The summed E-state index contributed by atoms with van der Waals surface area (Å²) in [6, 6.07) is 11.5. The Labute approximate surface area is 140 Å². The third-order valence-electron chi connectivity index (χ3n) is 4.90. The van der Waals surface area contributed by atoms with Crippen LogP contribution in [0.5, 0.6) is 0 Å². The second kappa shape index (κ2) is 6.34. The highest BCUT2D eigenvalue weighted by atomic mass is 16.5. The van der Waals surface area contributed by atoms with Crippen LogP contribution in [0, 0.1) is 5.92 Å². The second-order valence-corrected chi connectivity index (χ2v) is 6.50. The largest absolute Gasteiger partial charge is 0.391 e. The van der Waals surface area contributed by atoms with Gasteiger partial charge in [0, 0.05) is 36.5 Å². The number of ether oxygens (including phenoxy) is 1. The first kappa shape index (κ1) is 15.3. The van der Waals surface area contributed by atoms with E-state index in [-0.39, 0.29) is 11.8 Å². The van der Waals surface area contributed by atoms with Gasteiger partial charge in [0.15, 0.2) is 0 Å². The Kier molecular flexibility index (Phi) is 4.04. The fourth-order valence-electron chi connectivity index (χ4n) is 3.58. The van der Waals surface area contributed by atoms with Crippen molar-refractivity contribution in [3.8, 4) is 0 Å². The van der Waals surface area contributed by atoms with E-state index in [4.69, 9.17) is 4.74 Å². The van der Waals surface area contributed by atoms with Crippen LogP contribution in [0.2, 0.25) is 0 Å². The number of carbonyl (C=O) groups is 1. The lowest BCUT2D eigenvalue weighted by Gasteiger charge is -2.18. The van der Waals surface area contributed by atoms with Crippen LogP contribution in [-0.2, 0) is 24.4 Å². The number of aromatic nitrogens is 1. The van der Waals surface area contributed by atoms with Crippen molar-refractivity contribution in [2.75, 3.05) is 13.1 Å². The molecule has 1 N–H and O–H groups in total. The van der Waals surface area contributed by atoms with Crippen molar-refractivity contribution in [1.82, 2.24) is 9.88 Å². The quantitative estimate of drug-likeness (QED) is 0.935. The zero-order valence-corrected chi connectivity index (χ0v) is 13.4. The van der Waals surface area contributed by atoms with Gasteiger partial charge in [0.2, 0.25) is 0 Å². The van der Waals surface area contributed by atoms with Gasteiger partial charge in [-0.3, -0.25) is 9.78 Å². The lowest BCUT2D eigenvalue weighted by atomic mass is 10.00. The Morgan fingerprint density at radius 1 is 1.21 bits per heavy atom. The van der Waals surface area contributed by atoms with E-state index in [1.807, 2.05) is 36.4 Å². The van der Waals surface area contributed by atoms with E-state index in [9.17, 15) is 9.90 Å². The monoisotopic (exact) mass is 324 g/mol. The van der Waals surface area contributed by atoms with Crippen molar-refractivity contribution in [3.63, 3.8) is 0 Å². The highest BCUT2D eigenvalue weighted by Gasteiger charge is 2.35. The van der Waals surface area contributed by atoms with E-state index in [0.29, 0.717) is 38.3 Å². The van der Waals surface area contributed by atoms with Gasteiger partial charge in [-0.25, -0.2) is 0 Å². The molecule has 2 aliphatic heterocycles. The van der Waals surface area contributed by atoms with Crippen LogP contribution in [0.15, 0.2) is 42.6 Å². The van der Waals surface area contributed by atoms with E-state index in [2.05, 4.69) is 4.98 Å². The average molecular weight is 324 g/mol. The topological polar surface area (TPSA) is 62.7 Å². The molecule has 1 fully saturated rings. The standard InChI is InChI=1S/C19H20N2O3/c22-18-10-21(9-14(18)8-15-5-1-2-7-20-15)19(23)16-6-3-4-13-11-24-12-17(13)16/h1-7,14,18,22H,8-12H2/t14-,18-/m1/s1. The number of rotatable bonds is 3. The molecule has 0 radical (unpaired) electrons. The normalized spacial score (nSPS) is 22.6. The number of hydrogen-bond donors (Lipinski definition) is 1. The maximum atomic E-state index is 12.9. The molecule has 0 spiro atoms. The van der Waals surface area contributed by atoms with Crippen molar-refractivity contribution in [2.45, 2.75) is 25.7 Å². The Morgan fingerprint density at radius 3 is 2.96 bits per heavy atom. The number of benzene rings is 1. The van der Waals surface area contributed by atoms with Crippen LogP contribution >= 0.6 is 0 Å². The Balaban J connectivity index is 1.50. The first-order valence-electron chi connectivity index (χ1n) is 8.28. The molecular formula is C19H20N2O3. The number of pyridine rings is 1. The molecule has 0 saturated carbocycles. The molecule has 5 nitrogen and oxygen atoms in total. The molecule has 4 rings (SSSR count). The lowest BCUT2D eigenvalue weighted by molar-refractivity contribution is 0.0760. The van der Waals surface area contributed by atoms with Gasteiger partial charge in [0.25, 0.3) is 5.91 Å². The maximum absolute atomic E-state index is 12.9. The summed E-state index contributed by atoms with van der Waals surface area (Å²) in [6.45, 7) is 1.99. The zero-order valence-electron chi connectivity index (χ0n) is 13.4. The Morgan fingerprint density at radius 2 is 2.12 bits per heavy atom. The van der Waals surface area contributed by atoms with Crippen LogP contribution in [0.3, 0.4) is 0 Å². The van der Waals surface area contributed by atoms with Gasteiger partial charge in [0.1, 0.15) is 0 Å². The number of likely N-dealkylation sites (tertiary alicyclic amines) is 1. The predicted octanol–water partition coefficient (Wildman–Crippen LogP) is 1.79. The molecule has 0 aliphatic carbocycles. The summed E-state index contributed by atoms with van der Waals surface area (Å²) in [6.07, 6.45) is 1.93. The molecule has 1 amide bonds. The number of aliphatic hydroxyl groups excluding tert-OH is 1. The minimum Gasteiger partial charge on any atom is -0.391 e. The molecule has 5 heteroatoms. The van der Waals surface area contributed by atoms with Crippen molar-refractivity contribution in [1.29, 1.82) is 0 Å². The minimum atomic E-state index is -0.510. The number of carbonyl (C=O) groups excluding carboxylic acids is 1. The van der Waals surface area contributed by atoms with Gasteiger partial charge in [0.05, 0.1) is 19.3 Å². The highest BCUT2D eigenvalue weighted by Crippen LogP contribution is 2.27. The molecule has 3 heterocycles. The molecule has 24 heavy (non-hydrogen) atoms. The Hall–Kier alpha value is -2.24. The van der Waals surface area contributed by atoms with Crippen LogP contribution in [0.25, 0.3) is 0 Å². The summed E-state index contributed by atoms with van der Waals surface area (Å²) in [7, 11) is 0. The van der Waals surface area contributed by atoms with Gasteiger partial charge in [-0.1, -0.05) is 18.2 Å². The van der Waals surface area contributed by atoms with Crippen molar-refractivity contribution in [3.05, 3.63) is 65.0 Å². The number of amides is 1. The SMILES string of the molecule is O=C(c1cccc2c1COC2)N1C[C@@H](Cc2ccccn2)[C@H](O)C1. The predicted molar refractivity (Wildman–Crippen MR) is 88.3 cm³/mol. The molecule has 2 aromatic rings. The Bertz CT molecular complexity index is 748. The fraction of sp³-hybridized carbons (Fsp3) is 0.368. The molecule has 0 unspecified atom stereocenters. The van der Waals surface area contributed by atoms with Crippen molar-refractivity contribution < 1.29 is 14.6 Å². The summed E-state index contributed by atoms with van der Waals surface area (Å²) < 4.78 is 5.46. The molecule has 1 aromatic heterocycles. The van der Waals surface area contributed by atoms with Gasteiger partial charge < -0.3 is 14.7 Å². The van der Waals surface area contributed by atoms with E-state index in [0.717, 1.165) is 16.8 Å². The van der Waals surface area contributed by atoms with Gasteiger partial charge in [-0.15, -0.1) is 0 Å². The number of β-amino-alcohol motifs (C(OH)–C–C–N with tert-alkyl or cyclic N) is 1. The third-order valence-corrected chi connectivity index (χ3v) is 4.90. The molecule has 0 bridgehead atoms.